The number of carbonyl (C=O) groups is 1. The molecule has 0 atom stereocenters. The maximum atomic E-state index is 12.4. The summed E-state index contributed by atoms with van der Waals surface area (Å²) < 4.78 is 23.0. The maximum absolute atomic E-state index is 12.4. The van der Waals surface area contributed by atoms with Crippen LogP contribution in [0.4, 0.5) is 16.5 Å². The van der Waals surface area contributed by atoms with Crippen molar-refractivity contribution in [2.24, 2.45) is 0 Å². The van der Waals surface area contributed by atoms with Gasteiger partial charge in [0.15, 0.2) is 15.0 Å². The second-order valence-corrected chi connectivity index (χ2v) is 9.16. The Hall–Kier alpha value is -2.71. The number of rotatable bonds is 5. The molecule has 1 aromatic heterocycles. The molecule has 3 rings (SSSR count). The van der Waals surface area contributed by atoms with Crippen molar-refractivity contribution >= 4 is 43.6 Å². The summed E-state index contributed by atoms with van der Waals surface area (Å²) in [5.74, 6) is -0.281. The highest BCUT2D eigenvalue weighted by Gasteiger charge is 2.12. The van der Waals surface area contributed by atoms with Gasteiger partial charge < -0.3 is 10.6 Å². The fourth-order valence-electron chi connectivity index (χ4n) is 2.59. The van der Waals surface area contributed by atoms with E-state index >= 15 is 0 Å². The van der Waals surface area contributed by atoms with Crippen molar-refractivity contribution < 1.29 is 13.2 Å². The Balaban J connectivity index is 1.70. The van der Waals surface area contributed by atoms with Crippen molar-refractivity contribution in [1.82, 2.24) is 4.98 Å². The van der Waals surface area contributed by atoms with Gasteiger partial charge in [0, 0.05) is 23.0 Å². The third-order valence-corrected chi connectivity index (χ3v) is 5.64. The number of nitrogens with one attached hydrogen (secondary N) is 2. The largest absolute Gasteiger partial charge is 0.332 e. The molecule has 1 heterocycles. The zero-order valence-corrected chi connectivity index (χ0v) is 16.7. The highest BCUT2D eigenvalue weighted by atomic mass is 32.2. The summed E-state index contributed by atoms with van der Waals surface area (Å²) in [5, 5.41) is 8.15. The van der Waals surface area contributed by atoms with Gasteiger partial charge in [0.25, 0.3) is 5.91 Å². The first-order valence-electron chi connectivity index (χ1n) is 8.13. The first-order chi connectivity index (χ1) is 12.7. The summed E-state index contributed by atoms with van der Waals surface area (Å²) in [6.07, 6.45) is 1.16. The Morgan fingerprint density at radius 3 is 2.22 bits per heavy atom. The summed E-state index contributed by atoms with van der Waals surface area (Å²) in [7, 11) is -3.23. The Bertz CT molecular complexity index is 1070. The lowest BCUT2D eigenvalue weighted by molar-refractivity contribution is 0.102. The predicted molar refractivity (Wildman–Crippen MR) is 109 cm³/mol. The SMILES string of the molecule is Cc1cc(C)cc(NC(=O)c2csc(Nc3ccc(S(C)(=O)=O)cc3)n2)c1. The molecule has 6 nitrogen and oxygen atoms in total. The lowest BCUT2D eigenvalue weighted by Gasteiger charge is -2.06. The minimum atomic E-state index is -3.23. The van der Waals surface area contributed by atoms with Gasteiger partial charge in [-0.3, -0.25) is 4.79 Å². The molecule has 0 spiro atoms. The number of hydrogen-bond acceptors (Lipinski definition) is 6. The number of benzene rings is 2. The summed E-state index contributed by atoms with van der Waals surface area (Å²) in [5.41, 5.74) is 3.88. The van der Waals surface area contributed by atoms with Crippen LogP contribution in [0.2, 0.25) is 0 Å². The van der Waals surface area contributed by atoms with E-state index in [0.29, 0.717) is 16.5 Å². The van der Waals surface area contributed by atoms with E-state index in [1.807, 2.05) is 32.0 Å². The average Bonchev–Trinajstić information content (AvgIpc) is 3.02. The Morgan fingerprint density at radius 2 is 1.63 bits per heavy atom. The summed E-state index contributed by atoms with van der Waals surface area (Å²) >= 11 is 1.30. The van der Waals surface area contributed by atoms with Gasteiger partial charge in [-0.2, -0.15) is 0 Å². The van der Waals surface area contributed by atoms with Crippen LogP contribution >= 0.6 is 11.3 Å². The second kappa shape index (κ2) is 7.50. The quantitative estimate of drug-likeness (QED) is 0.670. The van der Waals surface area contributed by atoms with Gasteiger partial charge in [-0.25, -0.2) is 13.4 Å². The van der Waals surface area contributed by atoms with Crippen LogP contribution in [0, 0.1) is 13.8 Å². The third kappa shape index (κ3) is 4.93. The molecule has 140 valence electrons. The molecule has 0 bridgehead atoms. The predicted octanol–water partition coefficient (Wildman–Crippen LogP) is 4.16. The Kier molecular flexibility index (Phi) is 5.29. The van der Waals surface area contributed by atoms with Crippen LogP contribution in [-0.4, -0.2) is 25.6 Å². The molecular weight excluding hydrogens is 382 g/mol. The van der Waals surface area contributed by atoms with Crippen molar-refractivity contribution in [3.8, 4) is 0 Å². The van der Waals surface area contributed by atoms with Gasteiger partial charge in [0.1, 0.15) is 5.69 Å². The van der Waals surface area contributed by atoms with E-state index in [1.54, 1.807) is 17.5 Å². The molecule has 27 heavy (non-hydrogen) atoms. The molecule has 2 N–H and O–H groups in total. The van der Waals surface area contributed by atoms with Crippen LogP contribution in [0.1, 0.15) is 21.6 Å². The number of aromatic nitrogens is 1. The molecule has 0 aliphatic rings. The number of sulfone groups is 1. The molecule has 0 radical (unpaired) electrons. The van der Waals surface area contributed by atoms with Crippen LogP contribution in [0.3, 0.4) is 0 Å². The van der Waals surface area contributed by atoms with Crippen molar-refractivity contribution in [3.05, 3.63) is 64.7 Å². The van der Waals surface area contributed by atoms with E-state index in [1.165, 1.54) is 23.5 Å². The Labute approximate surface area is 162 Å². The molecule has 0 aliphatic carbocycles. The minimum absolute atomic E-state index is 0.251. The van der Waals surface area contributed by atoms with Gasteiger partial charge in [0.2, 0.25) is 0 Å². The maximum Gasteiger partial charge on any atom is 0.275 e. The molecule has 8 heteroatoms. The Morgan fingerprint density at radius 1 is 1.00 bits per heavy atom. The van der Waals surface area contributed by atoms with Crippen molar-refractivity contribution in [1.29, 1.82) is 0 Å². The smallest absolute Gasteiger partial charge is 0.275 e. The first kappa shape index (κ1) is 19.1. The fraction of sp³-hybridized carbons (Fsp3) is 0.158. The van der Waals surface area contributed by atoms with Crippen molar-refractivity contribution in [2.45, 2.75) is 18.7 Å². The molecule has 0 fully saturated rings. The van der Waals surface area contributed by atoms with Crippen molar-refractivity contribution in [2.75, 3.05) is 16.9 Å². The van der Waals surface area contributed by atoms with Gasteiger partial charge >= 0.3 is 0 Å². The van der Waals surface area contributed by atoms with E-state index in [2.05, 4.69) is 15.6 Å². The lowest BCUT2D eigenvalue weighted by atomic mass is 10.1. The number of carbonyl (C=O) groups excluding carboxylic acids is 1. The number of hydrogen-bond donors (Lipinski definition) is 2. The number of aryl methyl sites for hydroxylation is 2. The standard InChI is InChI=1S/C19H19N3O3S2/c1-12-8-13(2)10-15(9-12)20-18(23)17-11-26-19(22-17)21-14-4-6-16(7-5-14)27(3,24)25/h4-11H,1-3H3,(H,20,23)(H,21,22). The highest BCUT2D eigenvalue weighted by Crippen LogP contribution is 2.23. The second-order valence-electron chi connectivity index (χ2n) is 6.29. The molecule has 0 saturated carbocycles. The summed E-state index contributed by atoms with van der Waals surface area (Å²) in [6, 6.07) is 12.2. The number of anilines is 3. The van der Waals surface area contributed by atoms with Crippen molar-refractivity contribution in [3.63, 3.8) is 0 Å². The minimum Gasteiger partial charge on any atom is -0.332 e. The number of nitrogens with zero attached hydrogens (tertiary/aromatic N) is 1. The first-order valence-corrected chi connectivity index (χ1v) is 10.9. The van der Waals surface area contributed by atoms with Crippen LogP contribution in [0.25, 0.3) is 0 Å². The zero-order valence-electron chi connectivity index (χ0n) is 15.1. The van der Waals surface area contributed by atoms with E-state index in [4.69, 9.17) is 0 Å². The molecule has 0 aliphatic heterocycles. The molecule has 2 aromatic carbocycles. The molecule has 1 amide bonds. The van der Waals surface area contributed by atoms with E-state index in [9.17, 15) is 13.2 Å². The van der Waals surface area contributed by atoms with Crippen LogP contribution in [0.5, 0.6) is 0 Å². The summed E-state index contributed by atoms with van der Waals surface area (Å²) in [6.45, 7) is 3.95. The zero-order chi connectivity index (χ0) is 19.6. The normalized spacial score (nSPS) is 11.2. The molecule has 3 aromatic rings. The number of thiazole rings is 1. The molecular formula is C19H19N3O3S2. The van der Waals surface area contributed by atoms with E-state index < -0.39 is 9.84 Å². The third-order valence-electron chi connectivity index (χ3n) is 3.75. The van der Waals surface area contributed by atoms with Crippen LogP contribution in [-0.2, 0) is 9.84 Å². The van der Waals surface area contributed by atoms with E-state index in [-0.39, 0.29) is 10.8 Å². The van der Waals surface area contributed by atoms with Gasteiger partial charge in [0.05, 0.1) is 4.90 Å². The van der Waals surface area contributed by atoms with Gasteiger partial charge in [-0.1, -0.05) is 6.07 Å². The van der Waals surface area contributed by atoms with Gasteiger partial charge in [-0.05, 0) is 61.4 Å². The van der Waals surface area contributed by atoms with E-state index in [0.717, 1.165) is 23.1 Å². The van der Waals surface area contributed by atoms with Gasteiger partial charge in [-0.15, -0.1) is 11.3 Å². The fourth-order valence-corrected chi connectivity index (χ4v) is 3.93. The monoisotopic (exact) mass is 401 g/mol. The lowest BCUT2D eigenvalue weighted by Crippen LogP contribution is -2.12. The molecule has 0 unspecified atom stereocenters. The highest BCUT2D eigenvalue weighted by molar-refractivity contribution is 7.90. The number of amides is 1. The molecule has 0 saturated heterocycles. The topological polar surface area (TPSA) is 88.2 Å². The van der Waals surface area contributed by atoms with Crippen LogP contribution < -0.4 is 10.6 Å². The van der Waals surface area contributed by atoms with Crippen LogP contribution in [0.15, 0.2) is 52.7 Å². The average molecular weight is 402 g/mol. The summed E-state index contributed by atoms with van der Waals surface area (Å²) in [4.78, 5) is 16.9.